The van der Waals surface area contributed by atoms with Crippen molar-refractivity contribution >= 4 is 27.3 Å². The molecule has 0 bridgehead atoms. The zero-order valence-electron chi connectivity index (χ0n) is 9.72. The van der Waals surface area contributed by atoms with Gasteiger partial charge in [-0.1, -0.05) is 20.8 Å². The Labute approximate surface area is 105 Å². The Hall–Kier alpha value is 0.140. The highest BCUT2D eigenvalue weighted by molar-refractivity contribution is 9.11. The number of hydrogen-bond donors (Lipinski definition) is 1. The number of thiophene rings is 1. The molecule has 1 rings (SSSR count). The van der Waals surface area contributed by atoms with E-state index in [1.54, 1.807) is 0 Å². The van der Waals surface area contributed by atoms with Crippen LogP contribution in [0.5, 0.6) is 0 Å². The van der Waals surface area contributed by atoms with E-state index in [2.05, 4.69) is 54.2 Å². The SMILES string of the molecule is CCCNC(CC(C)C)c1ccc(Br)s1. The molecule has 0 aliphatic heterocycles. The number of nitrogens with one attached hydrogen (secondary N) is 1. The molecule has 15 heavy (non-hydrogen) atoms. The van der Waals surface area contributed by atoms with Crippen molar-refractivity contribution in [1.29, 1.82) is 0 Å². The Kier molecular flexibility index (Phi) is 5.87. The topological polar surface area (TPSA) is 12.0 Å². The fraction of sp³-hybridized carbons (Fsp3) is 0.667. The van der Waals surface area contributed by atoms with Gasteiger partial charge in [0, 0.05) is 10.9 Å². The minimum Gasteiger partial charge on any atom is -0.309 e. The van der Waals surface area contributed by atoms with Crippen molar-refractivity contribution in [3.63, 3.8) is 0 Å². The van der Waals surface area contributed by atoms with Gasteiger partial charge in [0.1, 0.15) is 0 Å². The molecule has 0 spiro atoms. The van der Waals surface area contributed by atoms with Crippen LogP contribution in [0.15, 0.2) is 15.9 Å². The van der Waals surface area contributed by atoms with E-state index in [1.807, 2.05) is 11.3 Å². The number of hydrogen-bond acceptors (Lipinski definition) is 2. The van der Waals surface area contributed by atoms with E-state index in [0.29, 0.717) is 6.04 Å². The van der Waals surface area contributed by atoms with Gasteiger partial charge in [0.15, 0.2) is 0 Å². The van der Waals surface area contributed by atoms with Crippen LogP contribution in [-0.2, 0) is 0 Å². The minimum absolute atomic E-state index is 0.529. The van der Waals surface area contributed by atoms with Gasteiger partial charge < -0.3 is 5.32 Å². The lowest BCUT2D eigenvalue weighted by molar-refractivity contribution is 0.435. The largest absolute Gasteiger partial charge is 0.309 e. The van der Waals surface area contributed by atoms with Gasteiger partial charge in [-0.05, 0) is 53.4 Å². The van der Waals surface area contributed by atoms with Crippen molar-refractivity contribution in [2.75, 3.05) is 6.54 Å². The minimum atomic E-state index is 0.529. The summed E-state index contributed by atoms with van der Waals surface area (Å²) in [5.41, 5.74) is 0. The van der Waals surface area contributed by atoms with Gasteiger partial charge in [0.2, 0.25) is 0 Å². The van der Waals surface area contributed by atoms with Gasteiger partial charge in [-0.3, -0.25) is 0 Å². The van der Waals surface area contributed by atoms with Crippen molar-refractivity contribution in [2.45, 2.75) is 39.7 Å². The van der Waals surface area contributed by atoms with Crippen molar-refractivity contribution in [3.05, 3.63) is 20.8 Å². The Morgan fingerprint density at radius 1 is 1.40 bits per heavy atom. The second-order valence-corrected chi connectivity index (χ2v) is 6.77. The molecular formula is C12H20BrNS. The lowest BCUT2D eigenvalue weighted by Crippen LogP contribution is -2.22. The Morgan fingerprint density at radius 3 is 2.60 bits per heavy atom. The summed E-state index contributed by atoms with van der Waals surface area (Å²) in [6.07, 6.45) is 2.41. The second kappa shape index (κ2) is 6.66. The highest BCUT2D eigenvalue weighted by Crippen LogP contribution is 2.30. The van der Waals surface area contributed by atoms with Gasteiger partial charge in [-0.15, -0.1) is 11.3 Å². The molecule has 0 saturated heterocycles. The summed E-state index contributed by atoms with van der Waals surface area (Å²) in [7, 11) is 0. The zero-order valence-corrected chi connectivity index (χ0v) is 12.1. The highest BCUT2D eigenvalue weighted by atomic mass is 79.9. The summed E-state index contributed by atoms with van der Waals surface area (Å²) in [6.45, 7) is 7.88. The first-order valence-electron chi connectivity index (χ1n) is 5.62. The lowest BCUT2D eigenvalue weighted by Gasteiger charge is -2.19. The summed E-state index contributed by atoms with van der Waals surface area (Å²) in [5.74, 6) is 0.736. The smallest absolute Gasteiger partial charge is 0.0701 e. The summed E-state index contributed by atoms with van der Waals surface area (Å²) >= 11 is 5.37. The summed E-state index contributed by atoms with van der Waals surface area (Å²) in [4.78, 5) is 1.45. The second-order valence-electron chi connectivity index (χ2n) is 4.28. The first kappa shape index (κ1) is 13.2. The first-order chi connectivity index (χ1) is 7.13. The van der Waals surface area contributed by atoms with Crippen LogP contribution < -0.4 is 5.32 Å². The molecule has 1 heterocycles. The molecule has 0 radical (unpaired) electrons. The van der Waals surface area contributed by atoms with E-state index in [4.69, 9.17) is 0 Å². The molecule has 0 aliphatic rings. The van der Waals surface area contributed by atoms with Crippen LogP contribution >= 0.6 is 27.3 Å². The fourth-order valence-electron chi connectivity index (χ4n) is 1.61. The molecule has 1 aromatic rings. The fourth-order valence-corrected chi connectivity index (χ4v) is 3.12. The molecule has 1 aromatic heterocycles. The molecule has 1 atom stereocenters. The molecule has 3 heteroatoms. The average Bonchev–Trinajstić information content (AvgIpc) is 2.58. The zero-order chi connectivity index (χ0) is 11.3. The van der Waals surface area contributed by atoms with Crippen LogP contribution in [0.4, 0.5) is 0 Å². The van der Waals surface area contributed by atoms with Gasteiger partial charge in [0.05, 0.1) is 3.79 Å². The third-order valence-corrected chi connectivity index (χ3v) is 4.02. The normalized spacial score (nSPS) is 13.4. The molecule has 0 aliphatic carbocycles. The van der Waals surface area contributed by atoms with Gasteiger partial charge in [0.25, 0.3) is 0 Å². The number of rotatable bonds is 6. The van der Waals surface area contributed by atoms with Crippen molar-refractivity contribution in [1.82, 2.24) is 5.32 Å². The average molecular weight is 290 g/mol. The molecule has 0 fully saturated rings. The number of halogens is 1. The van der Waals surface area contributed by atoms with Gasteiger partial charge in [-0.25, -0.2) is 0 Å². The third kappa shape index (κ3) is 4.66. The van der Waals surface area contributed by atoms with E-state index in [0.717, 1.165) is 12.5 Å². The third-order valence-electron chi connectivity index (χ3n) is 2.29. The monoisotopic (exact) mass is 289 g/mol. The maximum Gasteiger partial charge on any atom is 0.0701 e. The Balaban J connectivity index is 2.62. The summed E-state index contributed by atoms with van der Waals surface area (Å²) in [5, 5.41) is 3.62. The predicted molar refractivity (Wildman–Crippen MR) is 72.5 cm³/mol. The molecule has 0 saturated carbocycles. The van der Waals surface area contributed by atoms with E-state index in [1.165, 1.54) is 21.5 Å². The van der Waals surface area contributed by atoms with Crippen molar-refractivity contribution in [3.8, 4) is 0 Å². The van der Waals surface area contributed by atoms with Crippen LogP contribution in [0, 0.1) is 5.92 Å². The highest BCUT2D eigenvalue weighted by Gasteiger charge is 2.14. The van der Waals surface area contributed by atoms with Gasteiger partial charge >= 0.3 is 0 Å². The molecule has 1 unspecified atom stereocenters. The molecular weight excluding hydrogens is 270 g/mol. The van der Waals surface area contributed by atoms with E-state index < -0.39 is 0 Å². The Morgan fingerprint density at radius 2 is 2.13 bits per heavy atom. The molecule has 0 amide bonds. The van der Waals surface area contributed by atoms with Crippen LogP contribution in [0.3, 0.4) is 0 Å². The summed E-state index contributed by atoms with van der Waals surface area (Å²) < 4.78 is 1.23. The van der Waals surface area contributed by atoms with Crippen LogP contribution in [-0.4, -0.2) is 6.54 Å². The maximum absolute atomic E-state index is 3.62. The quantitative estimate of drug-likeness (QED) is 0.807. The molecule has 86 valence electrons. The summed E-state index contributed by atoms with van der Waals surface area (Å²) in [6, 6.07) is 4.90. The van der Waals surface area contributed by atoms with Gasteiger partial charge in [-0.2, -0.15) is 0 Å². The maximum atomic E-state index is 3.62. The lowest BCUT2D eigenvalue weighted by atomic mass is 10.0. The van der Waals surface area contributed by atoms with Crippen LogP contribution in [0.25, 0.3) is 0 Å². The predicted octanol–water partition coefficient (Wildman–Crippen LogP) is 4.60. The standard InChI is InChI=1S/C12H20BrNS/c1-4-7-14-10(8-9(2)3)11-5-6-12(13)15-11/h5-6,9-10,14H,4,7-8H2,1-3H3. The first-order valence-corrected chi connectivity index (χ1v) is 7.23. The van der Waals surface area contributed by atoms with Crippen LogP contribution in [0.1, 0.15) is 44.5 Å². The Bertz CT molecular complexity index is 283. The van der Waals surface area contributed by atoms with Crippen molar-refractivity contribution < 1.29 is 0 Å². The molecule has 0 aromatic carbocycles. The van der Waals surface area contributed by atoms with Crippen LogP contribution in [0.2, 0.25) is 0 Å². The molecule has 1 N–H and O–H groups in total. The van der Waals surface area contributed by atoms with E-state index in [9.17, 15) is 0 Å². The van der Waals surface area contributed by atoms with E-state index >= 15 is 0 Å². The van der Waals surface area contributed by atoms with E-state index in [-0.39, 0.29) is 0 Å². The van der Waals surface area contributed by atoms with Crippen molar-refractivity contribution in [2.24, 2.45) is 5.92 Å². The molecule has 1 nitrogen and oxygen atoms in total.